The Morgan fingerprint density at radius 3 is 2.48 bits per heavy atom. The van der Waals surface area contributed by atoms with E-state index in [0.717, 1.165) is 46.7 Å². The molecule has 0 aliphatic heterocycles. The summed E-state index contributed by atoms with van der Waals surface area (Å²) >= 11 is 9.90. The zero-order valence-corrected chi connectivity index (χ0v) is 19.5. The van der Waals surface area contributed by atoms with Gasteiger partial charge in [0.05, 0.1) is 12.3 Å². The standard InChI is InChI=1S/C24H27BrClNO2/c1-4-29-23(28)22-19-11-10-18(26)16-20(19)21(17-8-6-5-7-9-17)27(22)15-13-24(2,3)12-14-25/h5-11,16H,4,12-15H2,1-3H3. The van der Waals surface area contributed by atoms with Crippen molar-refractivity contribution in [3.63, 3.8) is 0 Å². The molecule has 0 bridgehead atoms. The quantitative estimate of drug-likeness (QED) is 0.251. The Balaban J connectivity index is 2.24. The first-order chi connectivity index (χ1) is 13.9. The van der Waals surface area contributed by atoms with Crippen LogP contribution in [0.25, 0.3) is 22.0 Å². The fraction of sp³-hybridized carbons (Fsp3) is 0.375. The highest BCUT2D eigenvalue weighted by Crippen LogP contribution is 2.38. The summed E-state index contributed by atoms with van der Waals surface area (Å²) in [6.45, 7) is 7.43. The van der Waals surface area contributed by atoms with E-state index < -0.39 is 0 Å². The number of ether oxygens (including phenoxy) is 1. The second-order valence-electron chi connectivity index (χ2n) is 7.98. The first kappa shape index (κ1) is 21.9. The number of hydrogen-bond acceptors (Lipinski definition) is 2. The summed E-state index contributed by atoms with van der Waals surface area (Å²) in [5.74, 6) is -0.291. The number of aromatic nitrogens is 1. The predicted molar refractivity (Wildman–Crippen MR) is 125 cm³/mol. The fourth-order valence-corrected chi connectivity index (χ4v) is 4.91. The molecule has 0 aliphatic carbocycles. The van der Waals surface area contributed by atoms with Gasteiger partial charge in [-0.25, -0.2) is 4.79 Å². The molecule has 154 valence electrons. The van der Waals surface area contributed by atoms with Gasteiger partial charge in [0.2, 0.25) is 0 Å². The summed E-state index contributed by atoms with van der Waals surface area (Å²) in [6.07, 6.45) is 2.01. The highest BCUT2D eigenvalue weighted by atomic mass is 79.9. The SMILES string of the molecule is CCOC(=O)c1c2ccc(Cl)cc2c(-c2ccccc2)n1CCC(C)(C)CCBr. The minimum absolute atomic E-state index is 0.150. The maximum Gasteiger partial charge on any atom is 0.355 e. The van der Waals surface area contributed by atoms with E-state index >= 15 is 0 Å². The van der Waals surface area contributed by atoms with Crippen LogP contribution in [0, 0.1) is 5.41 Å². The van der Waals surface area contributed by atoms with Gasteiger partial charge in [0.15, 0.2) is 0 Å². The molecule has 29 heavy (non-hydrogen) atoms. The number of esters is 1. The summed E-state index contributed by atoms with van der Waals surface area (Å²) in [5, 5.41) is 3.47. The lowest BCUT2D eigenvalue weighted by Crippen LogP contribution is -2.19. The largest absolute Gasteiger partial charge is 0.461 e. The molecule has 1 aromatic heterocycles. The molecule has 3 nitrogen and oxygen atoms in total. The van der Waals surface area contributed by atoms with Crippen molar-refractivity contribution in [1.82, 2.24) is 4.57 Å². The van der Waals surface area contributed by atoms with Crippen LogP contribution < -0.4 is 0 Å². The molecule has 0 atom stereocenters. The molecule has 0 radical (unpaired) electrons. The van der Waals surface area contributed by atoms with Crippen molar-refractivity contribution in [2.75, 3.05) is 11.9 Å². The highest BCUT2D eigenvalue weighted by molar-refractivity contribution is 9.09. The first-order valence-electron chi connectivity index (χ1n) is 9.98. The van der Waals surface area contributed by atoms with Gasteiger partial charge in [-0.1, -0.05) is 77.8 Å². The molecule has 3 rings (SSSR count). The van der Waals surface area contributed by atoms with Crippen LogP contribution in [-0.4, -0.2) is 22.5 Å². The van der Waals surface area contributed by atoms with Crippen molar-refractivity contribution in [3.8, 4) is 11.3 Å². The minimum Gasteiger partial charge on any atom is -0.461 e. The first-order valence-corrected chi connectivity index (χ1v) is 11.5. The second-order valence-corrected chi connectivity index (χ2v) is 9.21. The lowest BCUT2D eigenvalue weighted by Gasteiger charge is -2.25. The molecule has 0 aliphatic rings. The van der Waals surface area contributed by atoms with E-state index in [0.29, 0.717) is 17.3 Å². The van der Waals surface area contributed by atoms with Crippen molar-refractivity contribution >= 4 is 44.3 Å². The van der Waals surface area contributed by atoms with Gasteiger partial charge in [-0.15, -0.1) is 0 Å². The third kappa shape index (κ3) is 4.87. The molecular weight excluding hydrogens is 450 g/mol. The molecule has 0 N–H and O–H groups in total. The van der Waals surface area contributed by atoms with Crippen LogP contribution in [-0.2, 0) is 11.3 Å². The number of rotatable bonds is 8. The zero-order chi connectivity index (χ0) is 21.0. The number of benzene rings is 2. The van der Waals surface area contributed by atoms with E-state index in [4.69, 9.17) is 16.3 Å². The van der Waals surface area contributed by atoms with Crippen molar-refractivity contribution in [3.05, 3.63) is 59.2 Å². The maximum absolute atomic E-state index is 13.0. The smallest absolute Gasteiger partial charge is 0.355 e. The third-order valence-electron chi connectivity index (χ3n) is 5.33. The number of nitrogens with zero attached hydrogens (tertiary/aromatic N) is 1. The number of carbonyl (C=O) groups is 1. The van der Waals surface area contributed by atoms with Crippen LogP contribution in [0.4, 0.5) is 0 Å². The summed E-state index contributed by atoms with van der Waals surface area (Å²) in [7, 11) is 0. The van der Waals surface area contributed by atoms with Crippen LogP contribution in [0.2, 0.25) is 5.02 Å². The van der Waals surface area contributed by atoms with Gasteiger partial charge in [0.1, 0.15) is 5.69 Å². The molecule has 3 aromatic rings. The molecule has 0 saturated carbocycles. The van der Waals surface area contributed by atoms with Gasteiger partial charge >= 0.3 is 5.97 Å². The Hall–Kier alpha value is -1.78. The molecule has 2 aromatic carbocycles. The molecule has 0 saturated heterocycles. The molecular formula is C24H27BrClNO2. The van der Waals surface area contributed by atoms with E-state index in [-0.39, 0.29) is 11.4 Å². The maximum atomic E-state index is 13.0. The second kappa shape index (κ2) is 9.36. The summed E-state index contributed by atoms with van der Waals surface area (Å²) in [4.78, 5) is 13.0. The number of halogens is 2. The molecule has 1 heterocycles. The molecule has 0 unspecified atom stereocenters. The molecule has 0 fully saturated rings. The Labute approximate surface area is 186 Å². The topological polar surface area (TPSA) is 31.2 Å². The Morgan fingerprint density at radius 1 is 1.10 bits per heavy atom. The number of alkyl halides is 1. The average molecular weight is 477 g/mol. The number of hydrogen-bond donors (Lipinski definition) is 0. The van der Waals surface area contributed by atoms with Gasteiger partial charge in [0.25, 0.3) is 0 Å². The van der Waals surface area contributed by atoms with Crippen molar-refractivity contribution in [2.45, 2.75) is 40.2 Å². The normalized spacial score (nSPS) is 11.8. The van der Waals surface area contributed by atoms with Crippen molar-refractivity contribution in [2.24, 2.45) is 5.41 Å². The molecule has 0 spiro atoms. The van der Waals surface area contributed by atoms with Crippen molar-refractivity contribution in [1.29, 1.82) is 0 Å². The van der Waals surface area contributed by atoms with E-state index in [1.807, 2.05) is 43.3 Å². The Morgan fingerprint density at radius 2 is 1.83 bits per heavy atom. The van der Waals surface area contributed by atoms with E-state index in [2.05, 4.69) is 46.5 Å². The van der Waals surface area contributed by atoms with Crippen LogP contribution >= 0.6 is 27.5 Å². The number of carbonyl (C=O) groups excluding carboxylic acids is 1. The van der Waals surface area contributed by atoms with Crippen LogP contribution in [0.5, 0.6) is 0 Å². The Kier molecular flexibility index (Phi) is 7.07. The summed E-state index contributed by atoms with van der Waals surface area (Å²) < 4.78 is 7.56. The average Bonchev–Trinajstić information content (AvgIpc) is 3.00. The predicted octanol–water partition coefficient (Wildman–Crippen LogP) is 7.34. The monoisotopic (exact) mass is 475 g/mol. The van der Waals surface area contributed by atoms with Gasteiger partial charge in [-0.2, -0.15) is 0 Å². The third-order valence-corrected chi connectivity index (χ3v) is 5.96. The van der Waals surface area contributed by atoms with Crippen LogP contribution in [0.1, 0.15) is 44.1 Å². The van der Waals surface area contributed by atoms with Crippen LogP contribution in [0.15, 0.2) is 48.5 Å². The lowest BCUT2D eigenvalue weighted by atomic mass is 9.86. The number of fused-ring (bicyclic) bond motifs is 1. The van der Waals surface area contributed by atoms with Crippen molar-refractivity contribution < 1.29 is 9.53 Å². The van der Waals surface area contributed by atoms with E-state index in [1.54, 1.807) is 0 Å². The highest BCUT2D eigenvalue weighted by Gasteiger charge is 2.26. The fourth-order valence-electron chi connectivity index (χ4n) is 3.67. The van der Waals surface area contributed by atoms with Crippen LogP contribution in [0.3, 0.4) is 0 Å². The summed E-state index contributed by atoms with van der Waals surface area (Å²) in [5.41, 5.74) is 2.83. The molecule has 0 amide bonds. The molecule has 5 heteroatoms. The summed E-state index contributed by atoms with van der Waals surface area (Å²) in [6, 6.07) is 15.9. The van der Waals surface area contributed by atoms with Gasteiger partial charge in [-0.05, 0) is 42.9 Å². The van der Waals surface area contributed by atoms with Gasteiger partial charge in [0, 0.05) is 27.7 Å². The Bertz CT molecular complexity index is 995. The van der Waals surface area contributed by atoms with Gasteiger partial charge < -0.3 is 9.30 Å². The van der Waals surface area contributed by atoms with E-state index in [1.165, 1.54) is 0 Å². The van der Waals surface area contributed by atoms with E-state index in [9.17, 15) is 4.79 Å². The minimum atomic E-state index is -0.291. The lowest BCUT2D eigenvalue weighted by molar-refractivity contribution is 0.0515. The zero-order valence-electron chi connectivity index (χ0n) is 17.2. The van der Waals surface area contributed by atoms with Gasteiger partial charge in [-0.3, -0.25) is 0 Å².